The molecule has 1 aromatic carbocycles. The van der Waals surface area contributed by atoms with Crippen LogP contribution in [0.5, 0.6) is 0 Å². The van der Waals surface area contributed by atoms with Crippen LogP contribution in [0, 0.1) is 11.6 Å². The molecule has 4 nitrogen and oxygen atoms in total. The minimum Gasteiger partial charge on any atom is -0.467 e. The fourth-order valence-corrected chi connectivity index (χ4v) is 1.36. The van der Waals surface area contributed by atoms with E-state index in [0.717, 1.165) is 12.1 Å². The number of ether oxygens (including phenoxy) is 1. The van der Waals surface area contributed by atoms with Gasteiger partial charge in [-0.1, -0.05) is 6.07 Å². The SMILES string of the molecule is COC(=O)[C@@H](C)NC(=O)Cc1ccc(F)c(F)c1. The number of rotatable bonds is 4. The smallest absolute Gasteiger partial charge is 0.328 e. The van der Waals surface area contributed by atoms with Gasteiger partial charge in [0.15, 0.2) is 11.6 Å². The third kappa shape index (κ3) is 3.80. The Kier molecular flexibility index (Phi) is 4.76. The molecule has 0 aliphatic rings. The highest BCUT2D eigenvalue weighted by Gasteiger charge is 2.16. The van der Waals surface area contributed by atoms with Crippen molar-refractivity contribution >= 4 is 11.9 Å². The molecule has 0 aliphatic heterocycles. The summed E-state index contributed by atoms with van der Waals surface area (Å²) in [6.45, 7) is 1.47. The highest BCUT2D eigenvalue weighted by Crippen LogP contribution is 2.09. The second kappa shape index (κ2) is 6.09. The molecule has 0 unspecified atom stereocenters. The van der Waals surface area contributed by atoms with E-state index in [1.54, 1.807) is 0 Å². The molecule has 0 aliphatic carbocycles. The van der Waals surface area contributed by atoms with E-state index in [1.807, 2.05) is 0 Å². The highest BCUT2D eigenvalue weighted by molar-refractivity contribution is 5.85. The summed E-state index contributed by atoms with van der Waals surface area (Å²) in [7, 11) is 1.21. The Morgan fingerprint density at radius 3 is 2.56 bits per heavy atom. The van der Waals surface area contributed by atoms with E-state index >= 15 is 0 Å². The van der Waals surface area contributed by atoms with E-state index in [2.05, 4.69) is 10.1 Å². The van der Waals surface area contributed by atoms with Gasteiger partial charge in [-0.25, -0.2) is 13.6 Å². The van der Waals surface area contributed by atoms with Crippen LogP contribution < -0.4 is 5.32 Å². The van der Waals surface area contributed by atoms with Crippen LogP contribution in [0.25, 0.3) is 0 Å². The first-order chi connectivity index (χ1) is 8.43. The molecule has 0 spiro atoms. The molecule has 1 amide bonds. The number of halogens is 2. The molecule has 1 aromatic rings. The Bertz CT molecular complexity index is 463. The van der Waals surface area contributed by atoms with Crippen LogP contribution >= 0.6 is 0 Å². The lowest BCUT2D eigenvalue weighted by Crippen LogP contribution is -2.39. The van der Waals surface area contributed by atoms with Gasteiger partial charge < -0.3 is 10.1 Å². The van der Waals surface area contributed by atoms with Gasteiger partial charge in [-0.3, -0.25) is 4.79 Å². The molecule has 1 N–H and O–H groups in total. The maximum absolute atomic E-state index is 12.9. The van der Waals surface area contributed by atoms with Crippen molar-refractivity contribution in [3.63, 3.8) is 0 Å². The Balaban J connectivity index is 2.59. The van der Waals surface area contributed by atoms with E-state index in [1.165, 1.54) is 20.1 Å². The molecule has 18 heavy (non-hydrogen) atoms. The van der Waals surface area contributed by atoms with Crippen molar-refractivity contribution in [3.8, 4) is 0 Å². The minimum absolute atomic E-state index is 0.140. The van der Waals surface area contributed by atoms with Crippen molar-refractivity contribution in [2.75, 3.05) is 7.11 Å². The predicted molar refractivity (Wildman–Crippen MR) is 59.7 cm³/mol. The van der Waals surface area contributed by atoms with E-state index in [9.17, 15) is 18.4 Å². The molecular formula is C12H13F2NO3. The van der Waals surface area contributed by atoms with E-state index in [-0.39, 0.29) is 6.42 Å². The molecule has 0 saturated carbocycles. The Morgan fingerprint density at radius 1 is 1.33 bits per heavy atom. The average molecular weight is 257 g/mol. The zero-order chi connectivity index (χ0) is 13.7. The number of carbonyl (C=O) groups is 2. The van der Waals surface area contributed by atoms with Gasteiger partial charge in [0.05, 0.1) is 13.5 Å². The van der Waals surface area contributed by atoms with Crippen molar-refractivity contribution in [3.05, 3.63) is 35.4 Å². The number of amides is 1. The second-order valence-corrected chi connectivity index (χ2v) is 3.74. The Morgan fingerprint density at radius 2 is 2.00 bits per heavy atom. The first-order valence-electron chi connectivity index (χ1n) is 5.25. The molecule has 0 fully saturated rings. The summed E-state index contributed by atoms with van der Waals surface area (Å²) >= 11 is 0. The van der Waals surface area contributed by atoms with Gasteiger partial charge >= 0.3 is 5.97 Å². The van der Waals surface area contributed by atoms with Gasteiger partial charge in [0.2, 0.25) is 5.91 Å². The van der Waals surface area contributed by atoms with Crippen LogP contribution in [-0.4, -0.2) is 25.0 Å². The van der Waals surface area contributed by atoms with Crippen molar-refractivity contribution in [1.82, 2.24) is 5.32 Å². The van der Waals surface area contributed by atoms with Gasteiger partial charge in [0.25, 0.3) is 0 Å². The lowest BCUT2D eigenvalue weighted by atomic mass is 10.1. The zero-order valence-corrected chi connectivity index (χ0v) is 10.00. The number of hydrogen-bond acceptors (Lipinski definition) is 3. The van der Waals surface area contributed by atoms with Crippen LogP contribution in [0.1, 0.15) is 12.5 Å². The number of nitrogens with one attached hydrogen (secondary N) is 1. The van der Waals surface area contributed by atoms with E-state index < -0.39 is 29.6 Å². The molecular weight excluding hydrogens is 244 g/mol. The largest absolute Gasteiger partial charge is 0.467 e. The van der Waals surface area contributed by atoms with Gasteiger partial charge in [0, 0.05) is 0 Å². The molecule has 1 rings (SSSR count). The van der Waals surface area contributed by atoms with Crippen LogP contribution in [0.3, 0.4) is 0 Å². The van der Waals surface area contributed by atoms with Gasteiger partial charge in [-0.05, 0) is 24.6 Å². The third-order valence-electron chi connectivity index (χ3n) is 2.28. The molecule has 0 saturated heterocycles. The quantitative estimate of drug-likeness (QED) is 0.824. The fourth-order valence-electron chi connectivity index (χ4n) is 1.36. The maximum Gasteiger partial charge on any atom is 0.328 e. The first-order valence-corrected chi connectivity index (χ1v) is 5.25. The Labute approximate surface area is 103 Å². The third-order valence-corrected chi connectivity index (χ3v) is 2.28. The van der Waals surface area contributed by atoms with Crippen molar-refractivity contribution in [1.29, 1.82) is 0 Å². The van der Waals surface area contributed by atoms with E-state index in [4.69, 9.17) is 0 Å². The molecule has 0 aromatic heterocycles. The lowest BCUT2D eigenvalue weighted by molar-refractivity contribution is -0.144. The number of hydrogen-bond donors (Lipinski definition) is 1. The maximum atomic E-state index is 12.9. The topological polar surface area (TPSA) is 55.4 Å². The summed E-state index contributed by atoms with van der Waals surface area (Å²) < 4.78 is 30.0. The zero-order valence-electron chi connectivity index (χ0n) is 10.00. The summed E-state index contributed by atoms with van der Waals surface area (Å²) in [6, 6.07) is 2.41. The first kappa shape index (κ1) is 14.1. The van der Waals surface area contributed by atoms with Gasteiger partial charge in [0.1, 0.15) is 6.04 Å². The number of methoxy groups -OCH3 is 1. The summed E-state index contributed by atoms with van der Waals surface area (Å²) in [5, 5.41) is 2.38. The average Bonchev–Trinajstić information content (AvgIpc) is 2.32. The number of carbonyl (C=O) groups excluding carboxylic acids is 2. The molecule has 0 heterocycles. The summed E-state index contributed by atoms with van der Waals surface area (Å²) in [5.74, 6) is -3.03. The van der Waals surface area contributed by atoms with Crippen molar-refractivity contribution in [2.45, 2.75) is 19.4 Å². The monoisotopic (exact) mass is 257 g/mol. The molecule has 1 atom stereocenters. The molecule has 6 heteroatoms. The van der Waals surface area contributed by atoms with Crippen LogP contribution in [0.4, 0.5) is 8.78 Å². The highest BCUT2D eigenvalue weighted by atomic mass is 19.2. The van der Waals surface area contributed by atoms with Crippen LogP contribution in [0.15, 0.2) is 18.2 Å². The van der Waals surface area contributed by atoms with Crippen molar-refractivity contribution in [2.24, 2.45) is 0 Å². The summed E-state index contributed by atoms with van der Waals surface area (Å²) in [4.78, 5) is 22.6. The fraction of sp³-hybridized carbons (Fsp3) is 0.333. The molecule has 0 bridgehead atoms. The van der Waals surface area contributed by atoms with Gasteiger partial charge in [-0.15, -0.1) is 0 Å². The summed E-state index contributed by atoms with van der Waals surface area (Å²) in [6.07, 6.45) is -0.140. The second-order valence-electron chi connectivity index (χ2n) is 3.74. The lowest BCUT2D eigenvalue weighted by Gasteiger charge is -2.11. The number of benzene rings is 1. The molecule has 0 radical (unpaired) electrons. The molecule has 98 valence electrons. The van der Waals surface area contributed by atoms with Crippen LogP contribution in [0.2, 0.25) is 0 Å². The normalized spacial score (nSPS) is 11.8. The minimum atomic E-state index is -1.01. The predicted octanol–water partition coefficient (Wildman–Crippen LogP) is 1.18. The van der Waals surface area contributed by atoms with Gasteiger partial charge in [-0.2, -0.15) is 0 Å². The van der Waals surface area contributed by atoms with Crippen LogP contribution in [-0.2, 0) is 20.7 Å². The van der Waals surface area contributed by atoms with E-state index in [0.29, 0.717) is 5.56 Å². The standard InChI is InChI=1S/C12H13F2NO3/c1-7(12(17)18-2)15-11(16)6-8-3-4-9(13)10(14)5-8/h3-5,7H,6H2,1-2H3,(H,15,16)/t7-/m1/s1. The number of esters is 1. The van der Waals surface area contributed by atoms with Crippen molar-refractivity contribution < 1.29 is 23.1 Å². The Hall–Kier alpha value is -1.98. The summed E-state index contributed by atoms with van der Waals surface area (Å²) in [5.41, 5.74) is 0.323.